The molecule has 0 aliphatic carbocycles. The van der Waals surface area contributed by atoms with Gasteiger partial charge in [-0.3, -0.25) is 14.2 Å². The van der Waals surface area contributed by atoms with E-state index in [-0.39, 0.29) is 29.6 Å². The molecule has 2 N–H and O–H groups in total. The first-order valence-electron chi connectivity index (χ1n) is 7.84. The Kier molecular flexibility index (Phi) is 3.96. The first-order chi connectivity index (χ1) is 13.0. The maximum atomic E-state index is 12.7. The molecule has 1 aromatic carbocycles. The first-order valence-corrected chi connectivity index (χ1v) is 8.61. The summed E-state index contributed by atoms with van der Waals surface area (Å²) in [4.78, 5) is 40.8. The van der Waals surface area contributed by atoms with Crippen molar-refractivity contribution in [2.75, 3.05) is 12.4 Å². The van der Waals surface area contributed by atoms with Gasteiger partial charge in [0.2, 0.25) is 5.82 Å². The van der Waals surface area contributed by atoms with Crippen molar-refractivity contribution >= 4 is 50.9 Å². The van der Waals surface area contributed by atoms with Crippen LogP contribution >= 0.6 is 11.5 Å². The molecule has 2 amide bonds. The molecule has 0 atom stereocenters. The van der Waals surface area contributed by atoms with Crippen LogP contribution in [0, 0.1) is 0 Å². The van der Waals surface area contributed by atoms with Crippen molar-refractivity contribution in [3.63, 3.8) is 0 Å². The summed E-state index contributed by atoms with van der Waals surface area (Å²) >= 11 is 1.21. The zero-order chi connectivity index (χ0) is 19.1. The molecule has 0 radical (unpaired) electrons. The number of carbonyl (C=O) groups is 3. The van der Waals surface area contributed by atoms with Gasteiger partial charge in [-0.15, -0.1) is 0 Å². The highest BCUT2D eigenvalue weighted by molar-refractivity contribution is 7.13. The number of aromatic nitrogens is 3. The number of ether oxygens (including phenoxy) is 1. The minimum atomic E-state index is -0.744. The molecule has 1 aliphatic rings. The Morgan fingerprint density at radius 1 is 1.37 bits per heavy atom. The molecule has 0 bridgehead atoms. The molecule has 0 spiro atoms. The number of anilines is 1. The van der Waals surface area contributed by atoms with E-state index < -0.39 is 17.8 Å². The Morgan fingerprint density at radius 2 is 2.15 bits per heavy atom. The summed E-state index contributed by atoms with van der Waals surface area (Å²) in [6.07, 6.45) is 0. The molecule has 0 saturated heterocycles. The highest BCUT2D eigenvalue weighted by Gasteiger charge is 2.31. The summed E-state index contributed by atoms with van der Waals surface area (Å²) in [5.41, 5.74) is 0.701. The fraction of sp³-hybridized carbons (Fsp3) is 0.118. The van der Waals surface area contributed by atoms with Gasteiger partial charge in [-0.2, -0.15) is 4.37 Å². The summed E-state index contributed by atoms with van der Waals surface area (Å²) in [5, 5.41) is 6.01. The van der Waals surface area contributed by atoms with Crippen LogP contribution in [0.15, 0.2) is 30.8 Å². The van der Waals surface area contributed by atoms with Gasteiger partial charge >= 0.3 is 5.97 Å². The van der Waals surface area contributed by atoms with Gasteiger partial charge in [0.25, 0.3) is 11.8 Å². The van der Waals surface area contributed by atoms with Crippen LogP contribution in [0.4, 0.5) is 5.82 Å². The van der Waals surface area contributed by atoms with Crippen LogP contribution in [0.1, 0.15) is 26.8 Å². The van der Waals surface area contributed by atoms with Crippen LogP contribution in [-0.4, -0.2) is 38.8 Å². The molecule has 0 unspecified atom stereocenters. The first kappa shape index (κ1) is 16.9. The van der Waals surface area contributed by atoms with Crippen molar-refractivity contribution in [2.45, 2.75) is 6.54 Å². The lowest BCUT2D eigenvalue weighted by atomic mass is 10.2. The number of nitrogens with one attached hydrogen (secondary N) is 2. The lowest BCUT2D eigenvalue weighted by Gasteiger charge is -2.19. The van der Waals surface area contributed by atoms with Crippen molar-refractivity contribution < 1.29 is 19.1 Å². The van der Waals surface area contributed by atoms with E-state index >= 15 is 0 Å². The van der Waals surface area contributed by atoms with Gasteiger partial charge in [-0.1, -0.05) is 24.8 Å². The number of carbonyl (C=O) groups excluding carboxylic acids is 3. The maximum absolute atomic E-state index is 12.7. The van der Waals surface area contributed by atoms with Crippen LogP contribution in [0.5, 0.6) is 0 Å². The summed E-state index contributed by atoms with van der Waals surface area (Å²) in [5.74, 6) is -1.64. The van der Waals surface area contributed by atoms with E-state index in [1.54, 1.807) is 6.07 Å². The number of hydrogen-bond acceptors (Lipinski definition) is 7. The fourth-order valence-electron chi connectivity index (χ4n) is 2.82. The third-order valence-electron chi connectivity index (χ3n) is 4.11. The van der Waals surface area contributed by atoms with Crippen molar-refractivity contribution in [1.29, 1.82) is 0 Å². The molecule has 4 rings (SSSR count). The number of methoxy groups -OCH3 is 1. The summed E-state index contributed by atoms with van der Waals surface area (Å²) in [6.45, 7) is 3.76. The van der Waals surface area contributed by atoms with E-state index in [4.69, 9.17) is 4.74 Å². The molecule has 136 valence electrons. The molecule has 3 heterocycles. The highest BCUT2D eigenvalue weighted by atomic mass is 32.1. The van der Waals surface area contributed by atoms with Gasteiger partial charge in [-0.05, 0) is 17.6 Å². The van der Waals surface area contributed by atoms with Crippen molar-refractivity contribution in [3.05, 3.63) is 48.1 Å². The van der Waals surface area contributed by atoms with Crippen LogP contribution in [-0.2, 0) is 16.1 Å². The summed E-state index contributed by atoms with van der Waals surface area (Å²) < 4.78 is 11.1. The third kappa shape index (κ3) is 2.66. The molecule has 0 fully saturated rings. The predicted molar refractivity (Wildman–Crippen MR) is 98.3 cm³/mol. The van der Waals surface area contributed by atoms with E-state index in [9.17, 15) is 14.4 Å². The number of fused-ring (bicyclic) bond motifs is 2. The predicted octanol–water partition coefficient (Wildman–Crippen LogP) is 1.63. The minimum Gasteiger partial charge on any atom is -0.463 e. The van der Waals surface area contributed by atoms with E-state index in [0.29, 0.717) is 5.69 Å². The van der Waals surface area contributed by atoms with E-state index in [0.717, 1.165) is 10.1 Å². The average molecular weight is 383 g/mol. The van der Waals surface area contributed by atoms with Gasteiger partial charge in [0.1, 0.15) is 11.4 Å². The lowest BCUT2D eigenvalue weighted by molar-refractivity contribution is -0.116. The van der Waals surface area contributed by atoms with Crippen LogP contribution in [0.2, 0.25) is 0 Å². The molecular weight excluding hydrogens is 370 g/mol. The zero-order valence-electron chi connectivity index (χ0n) is 14.1. The normalized spacial score (nSPS) is 13.2. The van der Waals surface area contributed by atoms with E-state index in [2.05, 4.69) is 26.6 Å². The SMILES string of the molecule is C=C1C(=O)NCc2c(NC(=O)c3nsc4ccccc34)nc(C(=O)OC)n21. The van der Waals surface area contributed by atoms with Crippen LogP contribution in [0.3, 0.4) is 0 Å². The van der Waals surface area contributed by atoms with Gasteiger partial charge < -0.3 is 15.4 Å². The van der Waals surface area contributed by atoms with Crippen LogP contribution < -0.4 is 10.6 Å². The third-order valence-corrected chi connectivity index (χ3v) is 4.94. The van der Waals surface area contributed by atoms with Crippen molar-refractivity contribution in [3.8, 4) is 0 Å². The van der Waals surface area contributed by atoms with Gasteiger partial charge in [-0.25, -0.2) is 9.78 Å². The minimum absolute atomic E-state index is 0.0174. The van der Waals surface area contributed by atoms with E-state index in [1.165, 1.54) is 23.2 Å². The van der Waals surface area contributed by atoms with Crippen molar-refractivity contribution in [2.24, 2.45) is 0 Å². The monoisotopic (exact) mass is 383 g/mol. The molecule has 2 aromatic heterocycles. The average Bonchev–Trinajstić information content (AvgIpc) is 3.26. The Labute approximate surface area is 156 Å². The second kappa shape index (κ2) is 6.32. The number of nitrogens with zero attached hydrogens (tertiary/aromatic N) is 3. The summed E-state index contributed by atoms with van der Waals surface area (Å²) in [6, 6.07) is 7.36. The van der Waals surface area contributed by atoms with Crippen molar-refractivity contribution in [1.82, 2.24) is 19.2 Å². The molecule has 27 heavy (non-hydrogen) atoms. The highest BCUT2D eigenvalue weighted by Crippen LogP contribution is 2.27. The largest absolute Gasteiger partial charge is 0.463 e. The zero-order valence-corrected chi connectivity index (χ0v) is 14.9. The lowest BCUT2D eigenvalue weighted by Crippen LogP contribution is -2.34. The molecule has 1 aliphatic heterocycles. The number of amides is 2. The molecule has 3 aromatic rings. The Balaban J connectivity index is 1.75. The quantitative estimate of drug-likeness (QED) is 0.525. The van der Waals surface area contributed by atoms with Gasteiger partial charge in [0.15, 0.2) is 5.82 Å². The second-order valence-electron chi connectivity index (χ2n) is 5.67. The Hall–Kier alpha value is -3.53. The Bertz CT molecular complexity index is 1130. The van der Waals surface area contributed by atoms with E-state index in [1.807, 2.05) is 18.2 Å². The Morgan fingerprint density at radius 3 is 2.93 bits per heavy atom. The number of hydrogen-bond donors (Lipinski definition) is 2. The topological polar surface area (TPSA) is 115 Å². The standard InChI is InChI=1S/C17H13N5O4S/c1-8-15(23)18-7-10-13(19-14(22(8)10)17(25)26-2)20-16(24)12-9-5-3-4-6-11(9)27-21-12/h3-6H,1,7H2,2H3,(H,18,23)(H,20,24). The number of benzene rings is 1. The second-order valence-corrected chi connectivity index (χ2v) is 6.47. The molecule has 0 saturated carbocycles. The molecule has 9 nitrogen and oxygen atoms in total. The molecule has 10 heteroatoms. The van der Waals surface area contributed by atoms with Gasteiger partial charge in [0, 0.05) is 5.39 Å². The number of imidazole rings is 1. The van der Waals surface area contributed by atoms with Gasteiger partial charge in [0.05, 0.1) is 24.0 Å². The number of rotatable bonds is 3. The smallest absolute Gasteiger partial charge is 0.374 e. The maximum Gasteiger partial charge on any atom is 0.374 e. The summed E-state index contributed by atoms with van der Waals surface area (Å²) in [7, 11) is 1.20. The fourth-order valence-corrected chi connectivity index (χ4v) is 3.59. The molecular formula is C17H13N5O4S. The van der Waals surface area contributed by atoms with Crippen LogP contribution in [0.25, 0.3) is 15.8 Å². The number of esters is 1.